The highest BCUT2D eigenvalue weighted by atomic mass is 19.3. The van der Waals surface area contributed by atoms with Crippen molar-refractivity contribution in [2.75, 3.05) is 17.7 Å². The van der Waals surface area contributed by atoms with Crippen molar-refractivity contribution in [3.8, 4) is 5.75 Å². The van der Waals surface area contributed by atoms with Crippen LogP contribution in [-0.4, -0.2) is 22.9 Å². The fourth-order valence-corrected chi connectivity index (χ4v) is 3.15. The van der Waals surface area contributed by atoms with Gasteiger partial charge in [-0.1, -0.05) is 36.4 Å². The second-order valence-corrected chi connectivity index (χ2v) is 7.36. The third-order valence-electron chi connectivity index (χ3n) is 4.85. The molecule has 0 bridgehead atoms. The van der Waals surface area contributed by atoms with E-state index in [9.17, 15) is 4.79 Å². The maximum Gasteiger partial charge on any atom is 0.281 e. The van der Waals surface area contributed by atoms with Crippen LogP contribution < -0.4 is 15.4 Å². The first-order valence-corrected chi connectivity index (χ1v) is 10.7. The van der Waals surface area contributed by atoms with Crippen LogP contribution in [0, 0.1) is 0 Å². The van der Waals surface area contributed by atoms with Crippen molar-refractivity contribution < 1.29 is 18.3 Å². The number of nitrogens with one attached hydrogen (secondary N) is 2. The third kappa shape index (κ3) is 6.25. The van der Waals surface area contributed by atoms with E-state index in [0.717, 1.165) is 6.20 Å². The van der Waals surface area contributed by atoms with E-state index < -0.39 is 12.3 Å². The van der Waals surface area contributed by atoms with E-state index in [1.807, 2.05) is 0 Å². The van der Waals surface area contributed by atoms with E-state index >= 15 is 8.78 Å². The molecule has 1 heterocycles. The normalized spacial score (nSPS) is 11.7. The molecule has 8 heteroatoms. The van der Waals surface area contributed by atoms with Crippen LogP contribution in [0.25, 0.3) is 0 Å². The van der Waals surface area contributed by atoms with Crippen LogP contribution in [0.4, 0.5) is 31.9 Å². The number of halogens is 2. The number of alkyl halides is 2. The highest BCUT2D eigenvalue weighted by Gasteiger charge is 2.34. The van der Waals surface area contributed by atoms with Crippen molar-refractivity contribution in [3.63, 3.8) is 0 Å². The molecule has 0 atom stereocenters. The summed E-state index contributed by atoms with van der Waals surface area (Å²) < 4.78 is 35.2. The largest absolute Gasteiger partial charge is 0.497 e. The molecule has 0 spiro atoms. The number of nitrogens with zero attached hydrogens (tertiary/aromatic N) is 2. The number of anilines is 4. The molecule has 0 amide bonds. The zero-order chi connectivity index (χ0) is 24.6. The number of ether oxygens (including phenoxy) is 1. The van der Waals surface area contributed by atoms with Crippen LogP contribution >= 0.6 is 0 Å². The Labute approximate surface area is 197 Å². The maximum absolute atomic E-state index is 15.0. The summed E-state index contributed by atoms with van der Waals surface area (Å²) in [6, 6.07) is 13.7. The van der Waals surface area contributed by atoms with Gasteiger partial charge in [-0.3, -0.25) is 4.79 Å². The van der Waals surface area contributed by atoms with Crippen molar-refractivity contribution in [1.82, 2.24) is 9.97 Å². The highest BCUT2D eigenvalue weighted by molar-refractivity contribution is 6.05. The summed E-state index contributed by atoms with van der Waals surface area (Å²) >= 11 is 0. The fraction of sp³-hybridized carbons (Fsp3) is 0.192. The molecule has 0 aliphatic rings. The van der Waals surface area contributed by atoms with E-state index in [2.05, 4.69) is 20.6 Å². The van der Waals surface area contributed by atoms with Crippen LogP contribution in [0.3, 0.4) is 0 Å². The van der Waals surface area contributed by atoms with Crippen LogP contribution in [-0.2, 0) is 5.92 Å². The summed E-state index contributed by atoms with van der Waals surface area (Å²) in [6.45, 7) is 3.43. The van der Waals surface area contributed by atoms with Crippen LogP contribution in [0.1, 0.15) is 36.2 Å². The van der Waals surface area contributed by atoms with Gasteiger partial charge in [-0.25, -0.2) is 13.8 Å². The first kappa shape index (κ1) is 24.6. The number of benzene rings is 2. The first-order chi connectivity index (χ1) is 16.4. The van der Waals surface area contributed by atoms with E-state index in [1.54, 1.807) is 81.6 Å². The Kier molecular flexibility index (Phi) is 8.08. The van der Waals surface area contributed by atoms with Gasteiger partial charge in [-0.05, 0) is 44.2 Å². The lowest BCUT2D eigenvalue weighted by Crippen LogP contribution is -2.17. The van der Waals surface area contributed by atoms with E-state index in [4.69, 9.17) is 4.74 Å². The molecule has 34 heavy (non-hydrogen) atoms. The van der Waals surface area contributed by atoms with E-state index in [-0.39, 0.29) is 23.1 Å². The van der Waals surface area contributed by atoms with Gasteiger partial charge in [0, 0.05) is 35.6 Å². The van der Waals surface area contributed by atoms with Gasteiger partial charge in [0.25, 0.3) is 5.92 Å². The van der Waals surface area contributed by atoms with Crippen molar-refractivity contribution in [2.24, 2.45) is 0 Å². The number of methoxy groups -OCH3 is 1. The molecule has 2 N–H and O–H groups in total. The van der Waals surface area contributed by atoms with E-state index in [0.29, 0.717) is 22.7 Å². The molecule has 0 fully saturated rings. The summed E-state index contributed by atoms with van der Waals surface area (Å²) in [6.07, 6.45) is 6.65. The Morgan fingerprint density at radius 3 is 2.50 bits per heavy atom. The molecule has 0 saturated carbocycles. The number of carbonyl (C=O) groups is 1. The number of rotatable bonds is 10. The third-order valence-corrected chi connectivity index (χ3v) is 4.85. The van der Waals surface area contributed by atoms with Gasteiger partial charge in [-0.2, -0.15) is 4.98 Å². The molecule has 0 aliphatic heterocycles. The number of allylic oxidation sites excluding steroid dienone is 4. The van der Waals surface area contributed by atoms with Gasteiger partial charge in [0.15, 0.2) is 5.78 Å². The summed E-state index contributed by atoms with van der Waals surface area (Å²) in [5, 5.41) is 5.95. The smallest absolute Gasteiger partial charge is 0.281 e. The minimum absolute atomic E-state index is 0.0643. The zero-order valence-corrected chi connectivity index (χ0v) is 19.2. The molecule has 0 aliphatic carbocycles. The number of hydrogen-bond acceptors (Lipinski definition) is 6. The average Bonchev–Trinajstić information content (AvgIpc) is 2.83. The molecule has 2 aromatic carbocycles. The topological polar surface area (TPSA) is 76.1 Å². The number of ketones is 1. The predicted octanol–water partition coefficient (Wildman–Crippen LogP) is 6.79. The fourth-order valence-electron chi connectivity index (χ4n) is 3.15. The molecule has 3 rings (SSSR count). The van der Waals surface area contributed by atoms with Crippen LogP contribution in [0.15, 0.2) is 79.0 Å². The second-order valence-electron chi connectivity index (χ2n) is 7.36. The Hall–Kier alpha value is -4.07. The van der Waals surface area contributed by atoms with Crippen molar-refractivity contribution in [2.45, 2.75) is 26.2 Å². The van der Waals surface area contributed by atoms with Crippen molar-refractivity contribution in [1.29, 1.82) is 0 Å². The molecule has 176 valence electrons. The minimum atomic E-state index is -3.21. The van der Waals surface area contributed by atoms with Crippen molar-refractivity contribution in [3.05, 3.63) is 90.2 Å². The summed E-state index contributed by atoms with van der Waals surface area (Å²) in [7, 11) is 1.55. The summed E-state index contributed by atoms with van der Waals surface area (Å²) in [4.78, 5) is 20.6. The number of hydrogen-bond donors (Lipinski definition) is 2. The molecule has 0 unspecified atom stereocenters. The quantitative estimate of drug-likeness (QED) is 0.195. The predicted molar refractivity (Wildman–Crippen MR) is 131 cm³/mol. The van der Waals surface area contributed by atoms with Gasteiger partial charge in [0.1, 0.15) is 11.6 Å². The first-order valence-electron chi connectivity index (χ1n) is 10.7. The van der Waals surface area contributed by atoms with Crippen LogP contribution in [0.2, 0.25) is 0 Å². The summed E-state index contributed by atoms with van der Waals surface area (Å²) in [5.74, 6) is -2.71. The summed E-state index contributed by atoms with van der Waals surface area (Å²) in [5.41, 5.74) is 1.16. The lowest BCUT2D eigenvalue weighted by atomic mass is 10.1. The maximum atomic E-state index is 15.0. The second kappa shape index (κ2) is 11.2. The number of aromatic nitrogens is 2. The average molecular weight is 465 g/mol. The van der Waals surface area contributed by atoms with Gasteiger partial charge in [0.2, 0.25) is 5.95 Å². The molecule has 0 saturated heterocycles. The Balaban J connectivity index is 2.00. The lowest BCUT2D eigenvalue weighted by Gasteiger charge is -2.19. The molecular weight excluding hydrogens is 438 g/mol. The zero-order valence-electron chi connectivity index (χ0n) is 19.2. The van der Waals surface area contributed by atoms with Crippen LogP contribution in [0.5, 0.6) is 5.75 Å². The van der Waals surface area contributed by atoms with Gasteiger partial charge < -0.3 is 15.4 Å². The highest BCUT2D eigenvalue weighted by Crippen LogP contribution is 2.37. The molecule has 1 aromatic heterocycles. The molecule has 6 nitrogen and oxygen atoms in total. The standard InChI is InChI=1S/C26H26F2N4O2/c1-4-6-14-26(27,28)22-17-29-25(31-20-12-8-13-21(16-20)34-3)32-24(22)30-19-11-7-10-18(15-19)23(33)9-5-2/h4-13,15-17H,14H2,1-3H3,(H2,29,30,31,32)/b6-4+,9-5+. The van der Waals surface area contributed by atoms with Crippen molar-refractivity contribution >= 4 is 28.9 Å². The lowest BCUT2D eigenvalue weighted by molar-refractivity contribution is -0.000781. The Morgan fingerprint density at radius 2 is 1.79 bits per heavy atom. The Bertz CT molecular complexity index is 1210. The number of carbonyl (C=O) groups excluding carboxylic acids is 1. The molecular formula is C26H26F2N4O2. The Morgan fingerprint density at radius 1 is 1.06 bits per heavy atom. The monoisotopic (exact) mass is 464 g/mol. The minimum Gasteiger partial charge on any atom is -0.497 e. The SMILES string of the molecule is C/C=C/CC(F)(F)c1cnc(Nc2cccc(OC)c2)nc1Nc1cccc(C(=O)/C=C/C)c1. The van der Waals surface area contributed by atoms with Gasteiger partial charge in [-0.15, -0.1) is 0 Å². The van der Waals surface area contributed by atoms with Gasteiger partial charge in [0.05, 0.1) is 12.7 Å². The van der Waals surface area contributed by atoms with Gasteiger partial charge >= 0.3 is 0 Å². The molecule has 3 aromatic rings. The van der Waals surface area contributed by atoms with E-state index in [1.165, 1.54) is 12.2 Å². The molecule has 0 radical (unpaired) electrons.